The third-order valence-corrected chi connectivity index (χ3v) is 12.5. The molecule has 2 saturated carbocycles. The quantitative estimate of drug-likeness (QED) is 0.251. The highest BCUT2D eigenvalue weighted by Gasteiger charge is 2.59. The largest absolute Gasteiger partial charge is 0.382 e. The van der Waals surface area contributed by atoms with Crippen LogP contribution in [0.2, 0.25) is 0 Å². The highest BCUT2D eigenvalue weighted by Crippen LogP contribution is 2.64. The molecule has 6 heteroatoms. The molecule has 1 spiro atoms. The fraction of sp³-hybridized carbons (Fsp3) is 0.857. The van der Waals surface area contributed by atoms with Crippen LogP contribution in [-0.2, 0) is 23.7 Å². The Morgan fingerprint density at radius 1 is 1.05 bits per heavy atom. The van der Waals surface area contributed by atoms with Gasteiger partial charge in [0.2, 0.25) is 0 Å². The summed E-state index contributed by atoms with van der Waals surface area (Å²) in [6.07, 6.45) is 12.5. The van der Waals surface area contributed by atoms with Crippen LogP contribution in [0.15, 0.2) is 22.8 Å². The molecular formula is C35H55NO5. The lowest BCUT2D eigenvalue weighted by Crippen LogP contribution is -2.52. The molecule has 6 rings (SSSR count). The van der Waals surface area contributed by atoms with Crippen molar-refractivity contribution >= 4 is 5.78 Å². The average Bonchev–Trinajstić information content (AvgIpc) is 3.40. The third kappa shape index (κ3) is 5.54. The molecule has 9 atom stereocenters. The topological polar surface area (TPSA) is 57.2 Å². The van der Waals surface area contributed by atoms with Crippen LogP contribution in [-0.4, -0.2) is 81.7 Å². The molecule has 0 amide bonds. The molecule has 0 aromatic rings. The number of fused-ring (bicyclic) bond motifs is 6. The number of nitrogens with zero attached hydrogens (tertiary/aromatic N) is 1. The van der Waals surface area contributed by atoms with Gasteiger partial charge >= 0.3 is 0 Å². The molecule has 0 aromatic carbocycles. The van der Waals surface area contributed by atoms with Gasteiger partial charge in [0.1, 0.15) is 0 Å². The molecule has 41 heavy (non-hydrogen) atoms. The van der Waals surface area contributed by atoms with Crippen LogP contribution < -0.4 is 0 Å². The molecule has 0 N–H and O–H groups in total. The Labute approximate surface area is 248 Å². The minimum atomic E-state index is -0.0362. The number of hydrogen-bond donors (Lipinski definition) is 0. The summed E-state index contributed by atoms with van der Waals surface area (Å²) >= 11 is 0. The molecule has 4 fully saturated rings. The standard InChI is InChI=1S/C35H55NO5/c1-23-18-32-33(36(22-23)12-13-39-16-17-40-15-14-38-5)25(3)35(41-32)11-9-28-29-7-6-26-19-27(37)8-10-34(26,4)31(29)20-30(28)24(2)21-35/h19,23,25,28-29,31-33H,6-18,20-22H2,1-5H3/t23-,25?,28?,29?,31?,32?,33?,34?,35?/m0/s1. The second-order valence-electron chi connectivity index (χ2n) is 14.7. The highest BCUT2D eigenvalue weighted by atomic mass is 16.5. The maximum absolute atomic E-state index is 12.2. The predicted molar refractivity (Wildman–Crippen MR) is 161 cm³/mol. The van der Waals surface area contributed by atoms with Gasteiger partial charge in [-0.3, -0.25) is 9.69 Å². The number of carbonyl (C=O) groups is 1. The molecule has 2 saturated heterocycles. The van der Waals surface area contributed by atoms with Crippen LogP contribution >= 0.6 is 0 Å². The van der Waals surface area contributed by atoms with E-state index in [9.17, 15) is 4.79 Å². The van der Waals surface area contributed by atoms with Gasteiger partial charge in [0.15, 0.2) is 5.78 Å². The summed E-state index contributed by atoms with van der Waals surface area (Å²) in [4.78, 5) is 14.9. The van der Waals surface area contributed by atoms with E-state index >= 15 is 0 Å². The first-order valence-corrected chi connectivity index (χ1v) is 16.7. The number of methoxy groups -OCH3 is 1. The molecule has 6 nitrogen and oxygen atoms in total. The minimum Gasteiger partial charge on any atom is -0.382 e. The third-order valence-electron chi connectivity index (χ3n) is 12.5. The lowest BCUT2D eigenvalue weighted by Gasteiger charge is -2.48. The molecule has 0 aromatic heterocycles. The first-order valence-electron chi connectivity index (χ1n) is 16.7. The van der Waals surface area contributed by atoms with Gasteiger partial charge in [0.05, 0.1) is 44.7 Å². The summed E-state index contributed by atoms with van der Waals surface area (Å²) in [5, 5.41) is 0. The summed E-state index contributed by atoms with van der Waals surface area (Å²) in [6.45, 7) is 15.2. The Hall–Kier alpha value is -1.05. The van der Waals surface area contributed by atoms with E-state index in [1.807, 2.05) is 6.08 Å². The van der Waals surface area contributed by atoms with E-state index in [2.05, 4.69) is 32.6 Å². The van der Waals surface area contributed by atoms with Crippen LogP contribution in [0.25, 0.3) is 0 Å². The van der Waals surface area contributed by atoms with Gasteiger partial charge in [-0.15, -0.1) is 0 Å². The Morgan fingerprint density at radius 3 is 2.63 bits per heavy atom. The molecule has 0 bridgehead atoms. The summed E-state index contributed by atoms with van der Waals surface area (Å²) in [5.41, 5.74) is 5.06. The smallest absolute Gasteiger partial charge is 0.155 e. The Kier molecular flexibility index (Phi) is 8.89. The van der Waals surface area contributed by atoms with Crippen LogP contribution in [0.4, 0.5) is 0 Å². The van der Waals surface area contributed by atoms with Crippen molar-refractivity contribution in [2.75, 3.05) is 53.2 Å². The average molecular weight is 570 g/mol. The highest BCUT2D eigenvalue weighted by molar-refractivity contribution is 5.91. The number of ether oxygens (including phenoxy) is 4. The summed E-state index contributed by atoms with van der Waals surface area (Å²) < 4.78 is 23.9. The second kappa shape index (κ2) is 12.1. The number of likely N-dealkylation sites (tertiary alicyclic amines) is 1. The van der Waals surface area contributed by atoms with Gasteiger partial charge in [-0.25, -0.2) is 0 Å². The van der Waals surface area contributed by atoms with Gasteiger partial charge in [0.25, 0.3) is 0 Å². The van der Waals surface area contributed by atoms with E-state index in [-0.39, 0.29) is 11.0 Å². The minimum absolute atomic E-state index is 0.0362. The molecule has 6 aliphatic rings. The maximum Gasteiger partial charge on any atom is 0.155 e. The lowest BCUT2D eigenvalue weighted by atomic mass is 9.56. The zero-order valence-electron chi connectivity index (χ0n) is 26.4. The van der Waals surface area contributed by atoms with Gasteiger partial charge in [0, 0.05) is 38.6 Å². The van der Waals surface area contributed by atoms with Crippen molar-refractivity contribution < 1.29 is 23.7 Å². The van der Waals surface area contributed by atoms with Crippen molar-refractivity contribution in [1.29, 1.82) is 0 Å². The van der Waals surface area contributed by atoms with Gasteiger partial charge in [-0.05, 0) is 93.5 Å². The fourth-order valence-corrected chi connectivity index (χ4v) is 10.4. The van der Waals surface area contributed by atoms with E-state index in [1.165, 1.54) is 37.7 Å². The number of allylic oxidation sites excluding steroid dienone is 3. The van der Waals surface area contributed by atoms with Crippen LogP contribution in [0, 0.1) is 35.0 Å². The zero-order chi connectivity index (χ0) is 28.8. The van der Waals surface area contributed by atoms with Crippen LogP contribution in [0.1, 0.15) is 85.5 Å². The zero-order valence-corrected chi connectivity index (χ0v) is 26.4. The second-order valence-corrected chi connectivity index (χ2v) is 14.7. The number of carbonyl (C=O) groups excluding carboxylic acids is 1. The van der Waals surface area contributed by atoms with Crippen molar-refractivity contribution in [3.8, 4) is 0 Å². The van der Waals surface area contributed by atoms with Crippen molar-refractivity contribution in [2.45, 2.75) is 103 Å². The Bertz CT molecular complexity index is 1040. The molecule has 4 aliphatic carbocycles. The Balaban J connectivity index is 1.13. The molecular weight excluding hydrogens is 514 g/mol. The van der Waals surface area contributed by atoms with Gasteiger partial charge in [-0.2, -0.15) is 0 Å². The Morgan fingerprint density at radius 2 is 1.83 bits per heavy atom. The number of rotatable bonds is 9. The normalized spacial score (nSPS) is 42.5. The van der Waals surface area contributed by atoms with Crippen molar-refractivity contribution in [3.05, 3.63) is 22.8 Å². The van der Waals surface area contributed by atoms with Crippen molar-refractivity contribution in [1.82, 2.24) is 4.90 Å². The van der Waals surface area contributed by atoms with Crippen LogP contribution in [0.5, 0.6) is 0 Å². The van der Waals surface area contributed by atoms with Crippen LogP contribution in [0.3, 0.4) is 0 Å². The first kappa shape index (κ1) is 30.0. The number of ketones is 1. The van der Waals surface area contributed by atoms with Crippen molar-refractivity contribution in [2.24, 2.45) is 35.0 Å². The predicted octanol–water partition coefficient (Wildman–Crippen LogP) is 5.99. The SMILES string of the molecule is COCCOCCOCCN1C[C@@H](C)CC2OC3(CCC4C(=C(C)C3)CC3C4CCC4=CC(=O)CCC43C)C(C)C21. The first-order chi connectivity index (χ1) is 19.8. The van der Waals surface area contributed by atoms with Gasteiger partial charge < -0.3 is 18.9 Å². The summed E-state index contributed by atoms with van der Waals surface area (Å²) in [7, 11) is 1.70. The number of hydrogen-bond acceptors (Lipinski definition) is 6. The van der Waals surface area contributed by atoms with E-state index in [4.69, 9.17) is 18.9 Å². The van der Waals surface area contributed by atoms with E-state index in [1.54, 1.807) is 18.3 Å². The fourth-order valence-electron chi connectivity index (χ4n) is 10.4. The van der Waals surface area contributed by atoms with E-state index < -0.39 is 0 Å². The van der Waals surface area contributed by atoms with E-state index in [0.717, 1.165) is 51.3 Å². The van der Waals surface area contributed by atoms with Crippen molar-refractivity contribution in [3.63, 3.8) is 0 Å². The number of piperidine rings is 1. The molecule has 8 unspecified atom stereocenters. The molecule has 2 aliphatic heterocycles. The lowest BCUT2D eigenvalue weighted by molar-refractivity contribution is -0.116. The van der Waals surface area contributed by atoms with E-state index in [0.29, 0.717) is 68.0 Å². The van der Waals surface area contributed by atoms with Gasteiger partial charge in [-0.1, -0.05) is 37.5 Å². The summed E-state index contributed by atoms with van der Waals surface area (Å²) in [6, 6.07) is 0.484. The molecule has 2 heterocycles. The summed E-state index contributed by atoms with van der Waals surface area (Å²) in [5.74, 6) is 3.72. The maximum atomic E-state index is 12.2. The monoisotopic (exact) mass is 569 g/mol. The molecule has 230 valence electrons. The molecule has 0 radical (unpaired) electrons.